The Morgan fingerprint density at radius 1 is 1.44 bits per heavy atom. The third kappa shape index (κ3) is 1.71. The average Bonchev–Trinajstić information content (AvgIpc) is 2.93. The molecule has 0 unspecified atom stereocenters. The van der Waals surface area contributed by atoms with Crippen molar-refractivity contribution in [1.29, 1.82) is 0 Å². The molecule has 94 valence electrons. The lowest BCUT2D eigenvalue weighted by Gasteiger charge is -2.12. The lowest BCUT2D eigenvalue weighted by molar-refractivity contribution is 0.239. The van der Waals surface area contributed by atoms with Gasteiger partial charge in [-0.2, -0.15) is 0 Å². The zero-order valence-electron chi connectivity index (χ0n) is 9.91. The molecule has 3 rings (SSSR count). The third-order valence-corrected chi connectivity index (χ3v) is 3.79. The molecule has 5 nitrogen and oxygen atoms in total. The third-order valence-electron chi connectivity index (χ3n) is 3.52. The highest BCUT2D eigenvalue weighted by molar-refractivity contribution is 6.33. The minimum absolute atomic E-state index is 0.179. The maximum absolute atomic E-state index is 9.30. The lowest BCUT2D eigenvalue weighted by atomic mass is 10.0. The number of aliphatic hydroxyl groups is 1. The van der Waals surface area contributed by atoms with Crippen LogP contribution in [0.1, 0.15) is 19.4 Å². The van der Waals surface area contributed by atoms with Crippen LogP contribution in [0.4, 0.5) is 0 Å². The van der Waals surface area contributed by atoms with Gasteiger partial charge in [0.1, 0.15) is 11.8 Å². The van der Waals surface area contributed by atoms with Crippen molar-refractivity contribution in [1.82, 2.24) is 19.5 Å². The minimum atomic E-state index is 0.179. The van der Waals surface area contributed by atoms with Gasteiger partial charge in [0, 0.05) is 12.5 Å². The van der Waals surface area contributed by atoms with Gasteiger partial charge < -0.3 is 9.67 Å². The maximum Gasteiger partial charge on any atom is 0.165 e. The minimum Gasteiger partial charge on any atom is -0.396 e. The van der Waals surface area contributed by atoms with Crippen LogP contribution in [0.3, 0.4) is 0 Å². The summed E-state index contributed by atoms with van der Waals surface area (Å²) in [5, 5.41) is 9.67. The molecule has 2 aromatic rings. The number of aliphatic hydroxyl groups excluding tert-OH is 1. The van der Waals surface area contributed by atoms with Crippen molar-refractivity contribution in [3.63, 3.8) is 0 Å². The number of rotatable bonds is 2. The molecule has 0 aromatic carbocycles. The van der Waals surface area contributed by atoms with E-state index in [1.165, 1.54) is 11.9 Å². The van der Waals surface area contributed by atoms with E-state index in [2.05, 4.69) is 21.0 Å². The Kier molecular flexibility index (Phi) is 2.80. The Bertz CT molecular complexity index is 622. The average molecular weight is 265 g/mol. The van der Waals surface area contributed by atoms with Crippen LogP contribution in [0.25, 0.3) is 11.2 Å². The van der Waals surface area contributed by atoms with E-state index in [0.29, 0.717) is 10.7 Å². The molecule has 0 spiro atoms. The topological polar surface area (TPSA) is 63.8 Å². The van der Waals surface area contributed by atoms with Crippen molar-refractivity contribution < 1.29 is 5.11 Å². The molecular weight excluding hydrogens is 252 g/mol. The molecule has 2 atom stereocenters. The molecule has 2 heterocycles. The van der Waals surface area contributed by atoms with E-state index in [1.807, 2.05) is 11.5 Å². The Hall–Kier alpha value is -1.46. The normalized spacial score (nSPS) is 23.6. The smallest absolute Gasteiger partial charge is 0.165 e. The largest absolute Gasteiger partial charge is 0.396 e. The highest BCUT2D eigenvalue weighted by Gasteiger charge is 2.26. The molecule has 0 saturated heterocycles. The zero-order chi connectivity index (χ0) is 12.7. The van der Waals surface area contributed by atoms with E-state index in [0.717, 1.165) is 12.1 Å². The van der Waals surface area contributed by atoms with Crippen LogP contribution in [0.5, 0.6) is 0 Å². The first-order valence-corrected chi connectivity index (χ1v) is 6.20. The Morgan fingerprint density at radius 2 is 2.28 bits per heavy atom. The number of hydrogen-bond donors (Lipinski definition) is 1. The second-order valence-electron chi connectivity index (χ2n) is 4.58. The highest BCUT2D eigenvalue weighted by atomic mass is 35.5. The first-order chi connectivity index (χ1) is 8.70. The second-order valence-corrected chi connectivity index (χ2v) is 4.94. The summed E-state index contributed by atoms with van der Waals surface area (Å²) in [5.41, 5.74) is 2.57. The van der Waals surface area contributed by atoms with Gasteiger partial charge in [-0.3, -0.25) is 0 Å². The molecule has 6 heteroatoms. The molecule has 1 N–H and O–H groups in total. The summed E-state index contributed by atoms with van der Waals surface area (Å²) in [7, 11) is 0. The van der Waals surface area contributed by atoms with Crippen LogP contribution in [0, 0.1) is 5.92 Å². The van der Waals surface area contributed by atoms with Gasteiger partial charge in [0.05, 0.1) is 12.4 Å². The summed E-state index contributed by atoms with van der Waals surface area (Å²) in [6, 6.07) is 0.179. The van der Waals surface area contributed by atoms with Crippen molar-refractivity contribution in [3.05, 3.63) is 29.5 Å². The van der Waals surface area contributed by atoms with E-state index in [-0.39, 0.29) is 18.6 Å². The molecule has 0 bridgehead atoms. The lowest BCUT2D eigenvalue weighted by Crippen LogP contribution is -2.08. The van der Waals surface area contributed by atoms with E-state index < -0.39 is 0 Å². The number of fused-ring (bicyclic) bond motifs is 1. The van der Waals surface area contributed by atoms with Crippen molar-refractivity contribution in [3.8, 4) is 0 Å². The number of halogens is 1. The van der Waals surface area contributed by atoms with E-state index >= 15 is 0 Å². The molecule has 0 radical (unpaired) electrons. The molecule has 0 fully saturated rings. The summed E-state index contributed by atoms with van der Waals surface area (Å²) in [5.74, 6) is 0.227. The number of aromatic nitrogens is 4. The number of nitrogens with zero attached hydrogens (tertiary/aromatic N) is 4. The molecular formula is C12H13ClN4O. The fraction of sp³-hybridized carbons (Fsp3) is 0.417. The van der Waals surface area contributed by atoms with Gasteiger partial charge in [-0.05, 0) is 13.3 Å². The zero-order valence-corrected chi connectivity index (χ0v) is 10.7. The Balaban J connectivity index is 2.04. The molecule has 0 aliphatic heterocycles. The van der Waals surface area contributed by atoms with Crippen molar-refractivity contribution >= 4 is 22.8 Å². The van der Waals surface area contributed by atoms with Gasteiger partial charge in [0.2, 0.25) is 0 Å². The predicted molar refractivity (Wildman–Crippen MR) is 68.3 cm³/mol. The van der Waals surface area contributed by atoms with Gasteiger partial charge in [0.25, 0.3) is 0 Å². The molecule has 1 aliphatic rings. The number of hydrogen-bond acceptors (Lipinski definition) is 4. The fourth-order valence-electron chi connectivity index (χ4n) is 2.46. The van der Waals surface area contributed by atoms with Crippen molar-refractivity contribution in [2.24, 2.45) is 5.92 Å². The molecule has 0 amide bonds. The molecule has 18 heavy (non-hydrogen) atoms. The van der Waals surface area contributed by atoms with Crippen LogP contribution in [-0.4, -0.2) is 31.2 Å². The first-order valence-electron chi connectivity index (χ1n) is 5.83. The van der Waals surface area contributed by atoms with Crippen LogP contribution in [0.2, 0.25) is 5.15 Å². The van der Waals surface area contributed by atoms with Crippen molar-refractivity contribution in [2.45, 2.75) is 19.4 Å². The second kappa shape index (κ2) is 4.33. The van der Waals surface area contributed by atoms with E-state index in [9.17, 15) is 5.11 Å². The first kappa shape index (κ1) is 11.6. The van der Waals surface area contributed by atoms with E-state index in [1.54, 1.807) is 6.33 Å². The Labute approximate surface area is 109 Å². The number of imidazole rings is 1. The summed E-state index contributed by atoms with van der Waals surface area (Å²) in [6.45, 7) is 2.23. The monoisotopic (exact) mass is 264 g/mol. The van der Waals surface area contributed by atoms with Crippen molar-refractivity contribution in [2.75, 3.05) is 6.61 Å². The van der Waals surface area contributed by atoms with E-state index in [4.69, 9.17) is 11.6 Å². The quantitative estimate of drug-likeness (QED) is 0.665. The molecule has 0 saturated carbocycles. The van der Waals surface area contributed by atoms with Crippen LogP contribution < -0.4 is 0 Å². The SMILES string of the molecule is CC1=C[C@H](n2cnc3c(Cl)ncnc32)C[C@@H]1CO. The standard InChI is InChI=1S/C12H13ClN4O/c1-7-2-9(3-8(7)4-18)17-6-16-10-11(13)14-5-15-12(10)17/h2,5-6,8-9,18H,3-4H2,1H3/t8-,9+/m1/s1. The van der Waals surface area contributed by atoms with Crippen LogP contribution in [0.15, 0.2) is 24.3 Å². The van der Waals surface area contributed by atoms with Crippen LogP contribution >= 0.6 is 11.6 Å². The van der Waals surface area contributed by atoms with Gasteiger partial charge in [-0.1, -0.05) is 23.3 Å². The predicted octanol–water partition coefficient (Wildman–Crippen LogP) is 1.98. The fourth-order valence-corrected chi connectivity index (χ4v) is 2.64. The summed E-state index contributed by atoms with van der Waals surface area (Å²) in [6.07, 6.45) is 6.20. The molecule has 2 aromatic heterocycles. The van der Waals surface area contributed by atoms with Gasteiger partial charge >= 0.3 is 0 Å². The Morgan fingerprint density at radius 3 is 3.00 bits per heavy atom. The van der Waals surface area contributed by atoms with Gasteiger partial charge in [-0.25, -0.2) is 15.0 Å². The summed E-state index contributed by atoms with van der Waals surface area (Å²) < 4.78 is 1.99. The number of allylic oxidation sites excluding steroid dienone is 1. The van der Waals surface area contributed by atoms with Gasteiger partial charge in [-0.15, -0.1) is 0 Å². The van der Waals surface area contributed by atoms with Gasteiger partial charge in [0.15, 0.2) is 10.8 Å². The highest BCUT2D eigenvalue weighted by Crippen LogP contribution is 2.34. The summed E-state index contributed by atoms with van der Waals surface area (Å²) >= 11 is 5.98. The maximum atomic E-state index is 9.30. The molecule has 1 aliphatic carbocycles. The summed E-state index contributed by atoms with van der Waals surface area (Å²) in [4.78, 5) is 12.4. The van der Waals surface area contributed by atoms with Crippen LogP contribution in [-0.2, 0) is 0 Å².